The first-order valence-electron chi connectivity index (χ1n) is 11.3. The summed E-state index contributed by atoms with van der Waals surface area (Å²) in [6.45, 7) is 5.72. The van der Waals surface area contributed by atoms with Gasteiger partial charge in [-0.1, -0.05) is 30.3 Å². The fourth-order valence-electron chi connectivity index (χ4n) is 4.60. The minimum absolute atomic E-state index is 0.0680. The Labute approximate surface area is 199 Å². The van der Waals surface area contributed by atoms with Gasteiger partial charge in [0.1, 0.15) is 5.76 Å². The van der Waals surface area contributed by atoms with Crippen LogP contribution in [-0.4, -0.2) is 54.3 Å². The summed E-state index contributed by atoms with van der Waals surface area (Å²) in [6.07, 6.45) is 1.64. The van der Waals surface area contributed by atoms with Crippen LogP contribution >= 0.6 is 0 Å². The van der Waals surface area contributed by atoms with Crippen LogP contribution in [0.2, 0.25) is 0 Å². The van der Waals surface area contributed by atoms with Gasteiger partial charge in [-0.2, -0.15) is 4.31 Å². The van der Waals surface area contributed by atoms with Crippen LogP contribution in [0.15, 0.2) is 76.2 Å². The van der Waals surface area contributed by atoms with E-state index in [1.165, 1.54) is 4.31 Å². The maximum atomic E-state index is 13.3. The fraction of sp³-hybridized carbons (Fsp3) is 0.269. The Bertz CT molecular complexity index is 1450. The summed E-state index contributed by atoms with van der Waals surface area (Å²) in [7, 11) is -3.63. The van der Waals surface area contributed by atoms with E-state index in [-0.39, 0.29) is 23.9 Å². The first-order chi connectivity index (χ1) is 16.3. The Kier molecular flexibility index (Phi) is 5.79. The molecule has 0 atom stereocenters. The van der Waals surface area contributed by atoms with Crippen molar-refractivity contribution in [2.24, 2.45) is 0 Å². The number of amides is 1. The molecular weight excluding hydrogens is 450 g/mol. The predicted octanol–water partition coefficient (Wildman–Crippen LogP) is 4.05. The summed E-state index contributed by atoms with van der Waals surface area (Å²) in [5.74, 6) is 0.759. The fourth-order valence-corrected chi connectivity index (χ4v) is 6.06. The number of carbonyl (C=O) groups is 1. The number of aryl methyl sites for hydroxylation is 1. The number of benzene rings is 2. The number of sulfonamides is 1. The normalized spacial score (nSPS) is 15.2. The number of piperazine rings is 1. The Balaban J connectivity index is 1.30. The smallest absolute Gasteiger partial charge is 0.255 e. The lowest BCUT2D eigenvalue weighted by Crippen LogP contribution is -2.50. The average Bonchev–Trinajstić information content (AvgIpc) is 3.47. The number of furan rings is 1. The number of rotatable bonds is 5. The number of carbonyl (C=O) groups excluding carboxylic acids is 1. The van der Waals surface area contributed by atoms with Crippen LogP contribution in [-0.2, 0) is 16.6 Å². The predicted molar refractivity (Wildman–Crippen MR) is 130 cm³/mol. The highest BCUT2D eigenvalue weighted by molar-refractivity contribution is 7.89. The van der Waals surface area contributed by atoms with E-state index < -0.39 is 10.0 Å². The monoisotopic (exact) mass is 477 g/mol. The minimum Gasteiger partial charge on any atom is -0.467 e. The van der Waals surface area contributed by atoms with Gasteiger partial charge in [0, 0.05) is 37.6 Å². The van der Waals surface area contributed by atoms with Crippen molar-refractivity contribution >= 4 is 26.7 Å². The zero-order valence-corrected chi connectivity index (χ0v) is 20.1. The lowest BCUT2D eigenvalue weighted by Gasteiger charge is -2.34. The molecule has 1 aliphatic heterocycles. The molecule has 3 heterocycles. The minimum atomic E-state index is -3.63. The summed E-state index contributed by atoms with van der Waals surface area (Å²) < 4.78 is 35.5. The molecule has 2 aromatic heterocycles. The lowest BCUT2D eigenvalue weighted by atomic mass is 10.1. The lowest BCUT2D eigenvalue weighted by molar-refractivity contribution is 0.0697. The first kappa shape index (κ1) is 22.4. The van der Waals surface area contributed by atoms with Crippen LogP contribution in [0, 0.1) is 13.8 Å². The van der Waals surface area contributed by atoms with Crippen LogP contribution in [0.3, 0.4) is 0 Å². The van der Waals surface area contributed by atoms with E-state index in [0.717, 1.165) is 27.9 Å². The topological polar surface area (TPSA) is 75.8 Å². The van der Waals surface area contributed by atoms with Gasteiger partial charge in [0.05, 0.1) is 23.3 Å². The van der Waals surface area contributed by atoms with Gasteiger partial charge in [-0.3, -0.25) is 4.79 Å². The number of fused-ring (bicyclic) bond motifs is 1. The molecule has 8 heteroatoms. The van der Waals surface area contributed by atoms with Gasteiger partial charge in [-0.05, 0) is 55.0 Å². The molecule has 4 aromatic rings. The van der Waals surface area contributed by atoms with E-state index in [4.69, 9.17) is 4.42 Å². The number of aromatic nitrogens is 1. The molecule has 1 fully saturated rings. The van der Waals surface area contributed by atoms with Crippen molar-refractivity contribution in [3.63, 3.8) is 0 Å². The Morgan fingerprint density at radius 2 is 1.65 bits per heavy atom. The zero-order chi connectivity index (χ0) is 23.9. The molecule has 0 bridgehead atoms. The largest absolute Gasteiger partial charge is 0.467 e. The van der Waals surface area contributed by atoms with Crippen LogP contribution in [0.25, 0.3) is 10.8 Å². The Morgan fingerprint density at radius 1 is 0.912 bits per heavy atom. The molecule has 5 rings (SSSR count). The van der Waals surface area contributed by atoms with Crippen molar-refractivity contribution in [1.29, 1.82) is 0 Å². The van der Waals surface area contributed by atoms with Crippen molar-refractivity contribution in [3.8, 4) is 0 Å². The average molecular weight is 478 g/mol. The SMILES string of the molecule is Cc1cc(C(=O)N2CCN(S(=O)(=O)c3ccc4ccccc4c3)CC2)c(C)n1Cc1ccco1. The molecule has 34 heavy (non-hydrogen) atoms. The maximum Gasteiger partial charge on any atom is 0.255 e. The van der Waals surface area contributed by atoms with E-state index >= 15 is 0 Å². The molecule has 0 saturated carbocycles. The summed E-state index contributed by atoms with van der Waals surface area (Å²) in [4.78, 5) is 15.3. The molecule has 0 N–H and O–H groups in total. The number of hydrogen-bond acceptors (Lipinski definition) is 4. The van der Waals surface area contributed by atoms with Crippen molar-refractivity contribution in [1.82, 2.24) is 13.8 Å². The van der Waals surface area contributed by atoms with E-state index in [1.807, 2.05) is 62.4 Å². The second-order valence-corrected chi connectivity index (χ2v) is 10.6. The van der Waals surface area contributed by atoms with Gasteiger partial charge in [-0.25, -0.2) is 8.42 Å². The zero-order valence-electron chi connectivity index (χ0n) is 19.3. The molecule has 0 spiro atoms. The third-order valence-electron chi connectivity index (χ3n) is 6.58. The van der Waals surface area contributed by atoms with Crippen LogP contribution in [0.1, 0.15) is 27.5 Å². The molecule has 2 aromatic carbocycles. The summed E-state index contributed by atoms with van der Waals surface area (Å²) >= 11 is 0. The molecule has 0 aliphatic carbocycles. The maximum absolute atomic E-state index is 13.3. The standard InChI is InChI=1S/C26H27N3O4S/c1-19-16-25(20(2)29(19)18-23-8-5-15-33-23)26(30)27-11-13-28(14-12-27)34(31,32)24-10-9-21-6-3-4-7-22(21)17-24/h3-10,15-17H,11-14,18H2,1-2H3. The Morgan fingerprint density at radius 3 is 2.35 bits per heavy atom. The van der Waals surface area contributed by atoms with E-state index in [9.17, 15) is 13.2 Å². The van der Waals surface area contributed by atoms with Crippen LogP contribution in [0.5, 0.6) is 0 Å². The van der Waals surface area contributed by atoms with E-state index in [2.05, 4.69) is 4.57 Å². The summed E-state index contributed by atoms with van der Waals surface area (Å²) in [6, 6.07) is 18.6. The highest BCUT2D eigenvalue weighted by Gasteiger charge is 2.31. The third kappa shape index (κ3) is 4.03. The van der Waals surface area contributed by atoms with Crippen molar-refractivity contribution in [2.75, 3.05) is 26.2 Å². The van der Waals surface area contributed by atoms with Gasteiger partial charge in [0.2, 0.25) is 10.0 Å². The van der Waals surface area contributed by atoms with Crippen LogP contribution in [0.4, 0.5) is 0 Å². The molecule has 1 amide bonds. The molecule has 1 aliphatic rings. The molecule has 0 unspecified atom stereocenters. The van der Waals surface area contributed by atoms with E-state index in [1.54, 1.807) is 23.3 Å². The quantitative estimate of drug-likeness (QED) is 0.435. The van der Waals surface area contributed by atoms with Gasteiger partial charge >= 0.3 is 0 Å². The van der Waals surface area contributed by atoms with Crippen LogP contribution < -0.4 is 0 Å². The van der Waals surface area contributed by atoms with Crippen molar-refractivity contribution < 1.29 is 17.6 Å². The highest BCUT2D eigenvalue weighted by atomic mass is 32.2. The van der Waals surface area contributed by atoms with Crippen molar-refractivity contribution in [3.05, 3.63) is 89.6 Å². The van der Waals surface area contributed by atoms with Gasteiger partial charge in [-0.15, -0.1) is 0 Å². The Hall–Kier alpha value is -3.36. The van der Waals surface area contributed by atoms with Crippen molar-refractivity contribution in [2.45, 2.75) is 25.3 Å². The number of nitrogens with zero attached hydrogens (tertiary/aromatic N) is 3. The summed E-state index contributed by atoms with van der Waals surface area (Å²) in [5.41, 5.74) is 2.51. The van der Waals surface area contributed by atoms with Gasteiger partial charge in [0.25, 0.3) is 5.91 Å². The molecule has 1 saturated heterocycles. The highest BCUT2D eigenvalue weighted by Crippen LogP contribution is 2.24. The number of hydrogen-bond donors (Lipinski definition) is 0. The molecule has 0 radical (unpaired) electrons. The molecule has 7 nitrogen and oxygen atoms in total. The second kappa shape index (κ2) is 8.77. The molecular formula is C26H27N3O4S. The summed E-state index contributed by atoms with van der Waals surface area (Å²) in [5, 5.41) is 1.89. The van der Waals surface area contributed by atoms with E-state index in [0.29, 0.717) is 25.2 Å². The van der Waals surface area contributed by atoms with Gasteiger partial charge < -0.3 is 13.9 Å². The van der Waals surface area contributed by atoms with Gasteiger partial charge in [0.15, 0.2) is 0 Å². The second-order valence-electron chi connectivity index (χ2n) is 8.66. The third-order valence-corrected chi connectivity index (χ3v) is 8.48. The first-order valence-corrected chi connectivity index (χ1v) is 12.8. The molecule has 176 valence electrons.